The van der Waals surface area contributed by atoms with Crippen molar-refractivity contribution in [2.24, 2.45) is 0 Å². The molecule has 52 valence electrons. The summed E-state index contributed by atoms with van der Waals surface area (Å²) in [4.78, 5) is 0. The van der Waals surface area contributed by atoms with Crippen molar-refractivity contribution in [3.8, 4) is 0 Å². The van der Waals surface area contributed by atoms with Gasteiger partial charge in [-0.3, -0.25) is 0 Å². The molecule has 0 aromatic heterocycles. The molecule has 0 unspecified atom stereocenters. The van der Waals surface area contributed by atoms with Crippen LogP contribution in [-0.2, 0) is 0 Å². The molecule has 0 rings (SSSR count). The lowest BCUT2D eigenvalue weighted by atomic mass is 10.3. The zero-order valence-corrected chi connectivity index (χ0v) is 5.40. The number of hydrogen-bond acceptors (Lipinski definition) is 0. The Bertz CT molecular complexity index is 114. The zero-order valence-electron chi connectivity index (χ0n) is 5.40. The van der Waals surface area contributed by atoms with Crippen molar-refractivity contribution in [1.29, 1.82) is 0 Å². The third-order valence-corrected chi connectivity index (χ3v) is 0.952. The molecule has 0 atom stereocenters. The van der Waals surface area contributed by atoms with Crippen LogP contribution in [0.5, 0.6) is 0 Å². The predicted molar refractivity (Wildman–Crippen MR) is 34.3 cm³/mol. The molecule has 0 heterocycles. The van der Waals surface area contributed by atoms with E-state index in [1.54, 1.807) is 6.92 Å². The van der Waals surface area contributed by atoms with E-state index in [-0.39, 0.29) is 5.83 Å². The summed E-state index contributed by atoms with van der Waals surface area (Å²) in [5.74, 6) is -0.187. The van der Waals surface area contributed by atoms with Gasteiger partial charge in [-0.15, -0.1) is 0 Å². The third-order valence-electron chi connectivity index (χ3n) is 0.952. The van der Waals surface area contributed by atoms with Crippen LogP contribution in [0, 0.1) is 0 Å². The van der Waals surface area contributed by atoms with Gasteiger partial charge in [0.15, 0.2) is 0 Å². The molecule has 0 radical (unpaired) electrons. The molecular weight excluding hydrogens is 122 g/mol. The van der Waals surface area contributed by atoms with Crippen LogP contribution in [0.3, 0.4) is 0 Å². The van der Waals surface area contributed by atoms with Crippen molar-refractivity contribution in [3.63, 3.8) is 0 Å². The Morgan fingerprint density at radius 2 is 2.22 bits per heavy atom. The summed E-state index contributed by atoms with van der Waals surface area (Å²) < 4.78 is 23.4. The minimum Gasteiger partial charge on any atom is -0.216 e. The van der Waals surface area contributed by atoms with E-state index in [9.17, 15) is 8.78 Å². The molecule has 0 nitrogen and oxygen atoms in total. The number of allylic oxidation sites excluding steroid dienone is 3. The van der Waals surface area contributed by atoms with Gasteiger partial charge in [-0.1, -0.05) is 12.2 Å². The number of rotatable bonds is 3. The highest BCUT2D eigenvalue weighted by molar-refractivity contribution is 4.90. The summed E-state index contributed by atoms with van der Waals surface area (Å²) in [7, 11) is 0. The van der Waals surface area contributed by atoms with Crippen LogP contribution in [0.1, 0.15) is 19.8 Å². The van der Waals surface area contributed by atoms with Crippen molar-refractivity contribution in [3.05, 3.63) is 24.3 Å². The van der Waals surface area contributed by atoms with Crippen LogP contribution >= 0.6 is 0 Å². The molecule has 0 fully saturated rings. The lowest BCUT2D eigenvalue weighted by Gasteiger charge is -1.88. The maximum atomic E-state index is 12.2. The largest absolute Gasteiger partial charge is 0.216 e. The van der Waals surface area contributed by atoms with Gasteiger partial charge in [0.25, 0.3) is 0 Å². The highest BCUT2D eigenvalue weighted by atomic mass is 19.1. The number of halogens is 2. The summed E-state index contributed by atoms with van der Waals surface area (Å²) in [5.41, 5.74) is 0. The summed E-state index contributed by atoms with van der Waals surface area (Å²) in [6, 6.07) is 0. The molecule has 2 heteroatoms. The van der Waals surface area contributed by atoms with Gasteiger partial charge in [0.2, 0.25) is 0 Å². The predicted octanol–water partition coefficient (Wildman–Crippen LogP) is 3.12. The van der Waals surface area contributed by atoms with Gasteiger partial charge in [0, 0.05) is 6.42 Å². The fourth-order valence-electron chi connectivity index (χ4n) is 0.429. The fraction of sp³-hybridized carbons (Fsp3) is 0.429. The van der Waals surface area contributed by atoms with E-state index >= 15 is 0 Å². The van der Waals surface area contributed by atoms with Crippen molar-refractivity contribution in [2.75, 3.05) is 0 Å². The fourth-order valence-corrected chi connectivity index (χ4v) is 0.429. The average Bonchev–Trinajstić information content (AvgIpc) is 1.89. The first kappa shape index (κ1) is 8.34. The van der Waals surface area contributed by atoms with E-state index in [1.165, 1.54) is 12.2 Å². The summed E-state index contributed by atoms with van der Waals surface area (Å²) in [6.45, 7) is 1.62. The Morgan fingerprint density at radius 3 is 2.67 bits per heavy atom. The van der Waals surface area contributed by atoms with E-state index < -0.39 is 0 Å². The van der Waals surface area contributed by atoms with E-state index in [1.807, 2.05) is 0 Å². The lowest BCUT2D eigenvalue weighted by molar-refractivity contribution is 0.588. The van der Waals surface area contributed by atoms with Crippen LogP contribution in [0.2, 0.25) is 0 Å². The monoisotopic (exact) mass is 132 g/mol. The second-order valence-corrected chi connectivity index (χ2v) is 1.64. The molecule has 0 bridgehead atoms. The molecule has 0 N–H and O–H groups in total. The van der Waals surface area contributed by atoms with Crippen LogP contribution in [0.4, 0.5) is 8.78 Å². The second-order valence-electron chi connectivity index (χ2n) is 1.64. The van der Waals surface area contributed by atoms with E-state index in [0.717, 1.165) is 0 Å². The van der Waals surface area contributed by atoms with Crippen LogP contribution in [-0.4, -0.2) is 0 Å². The molecule has 0 spiro atoms. The minimum absolute atomic E-state index is 0.187. The van der Waals surface area contributed by atoms with Gasteiger partial charge in [-0.2, -0.15) is 0 Å². The van der Waals surface area contributed by atoms with Gasteiger partial charge >= 0.3 is 0 Å². The van der Waals surface area contributed by atoms with Gasteiger partial charge in [0.05, 0.1) is 12.2 Å². The van der Waals surface area contributed by atoms with Gasteiger partial charge in [0.1, 0.15) is 0 Å². The molecule has 0 aromatic carbocycles. The molecule has 0 aromatic rings. The van der Waals surface area contributed by atoms with Crippen LogP contribution < -0.4 is 0 Å². The highest BCUT2D eigenvalue weighted by Gasteiger charge is 1.87. The van der Waals surface area contributed by atoms with Crippen molar-refractivity contribution in [2.45, 2.75) is 19.8 Å². The van der Waals surface area contributed by atoms with Crippen LogP contribution in [0.15, 0.2) is 24.3 Å². The highest BCUT2D eigenvalue weighted by Crippen LogP contribution is 2.05. The zero-order chi connectivity index (χ0) is 7.11. The Balaban J connectivity index is 3.28. The minimum atomic E-state index is -0.187. The Morgan fingerprint density at radius 1 is 1.56 bits per heavy atom. The molecule has 0 saturated heterocycles. The quantitative estimate of drug-likeness (QED) is 0.553. The Hall–Kier alpha value is -0.660. The topological polar surface area (TPSA) is 0 Å². The lowest BCUT2D eigenvalue weighted by Crippen LogP contribution is -1.70. The molecule has 0 aliphatic heterocycles. The summed E-state index contributed by atoms with van der Waals surface area (Å²) >= 11 is 0. The SMILES string of the molecule is C/C=C(\F)CC/C=C/F. The first-order chi connectivity index (χ1) is 4.31. The van der Waals surface area contributed by atoms with Crippen molar-refractivity contribution in [1.82, 2.24) is 0 Å². The molecule has 0 aliphatic carbocycles. The molecule has 0 saturated carbocycles. The van der Waals surface area contributed by atoms with Crippen LogP contribution in [0.25, 0.3) is 0 Å². The first-order valence-electron chi connectivity index (χ1n) is 2.87. The van der Waals surface area contributed by atoms with Gasteiger partial charge in [-0.05, 0) is 13.3 Å². The summed E-state index contributed by atoms with van der Waals surface area (Å²) in [5, 5.41) is 0. The standard InChI is InChI=1S/C7H10F2/c1-2-7(9)5-3-4-6-8/h2,4,6H,3,5H2,1H3/b6-4+,7-2-. The second kappa shape index (κ2) is 5.48. The molecular formula is C7H10F2. The average molecular weight is 132 g/mol. The molecule has 9 heavy (non-hydrogen) atoms. The van der Waals surface area contributed by atoms with E-state index in [0.29, 0.717) is 19.2 Å². The molecule has 0 amide bonds. The molecule has 0 aliphatic rings. The van der Waals surface area contributed by atoms with Gasteiger partial charge < -0.3 is 0 Å². The third kappa shape index (κ3) is 5.21. The van der Waals surface area contributed by atoms with E-state index in [2.05, 4.69) is 0 Å². The number of hydrogen-bond donors (Lipinski definition) is 0. The Labute approximate surface area is 53.9 Å². The maximum Gasteiger partial charge on any atom is 0.0960 e. The maximum absolute atomic E-state index is 12.2. The van der Waals surface area contributed by atoms with Gasteiger partial charge in [-0.25, -0.2) is 8.78 Å². The normalized spacial score (nSPS) is 13.0. The first-order valence-corrected chi connectivity index (χ1v) is 2.87. The smallest absolute Gasteiger partial charge is 0.0960 e. The van der Waals surface area contributed by atoms with Crippen molar-refractivity contribution < 1.29 is 8.78 Å². The summed E-state index contributed by atoms with van der Waals surface area (Å²) in [6.07, 6.45) is 3.85. The Kier molecular flexibility index (Phi) is 5.07. The van der Waals surface area contributed by atoms with E-state index in [4.69, 9.17) is 0 Å². The van der Waals surface area contributed by atoms with Crippen molar-refractivity contribution >= 4 is 0 Å².